The maximum atomic E-state index is 10.1. The van der Waals surface area contributed by atoms with Crippen LogP contribution < -0.4 is 14.8 Å². The van der Waals surface area contributed by atoms with E-state index in [1.165, 1.54) is 0 Å². The van der Waals surface area contributed by atoms with Crippen LogP contribution in [0.15, 0.2) is 48.5 Å². The summed E-state index contributed by atoms with van der Waals surface area (Å²) in [5.41, 5.74) is 2.01. The van der Waals surface area contributed by atoms with Crippen molar-refractivity contribution in [1.29, 1.82) is 0 Å². The highest BCUT2D eigenvalue weighted by atomic mass is 16.5. The fourth-order valence-electron chi connectivity index (χ4n) is 2.30. The van der Waals surface area contributed by atoms with Crippen molar-refractivity contribution in [2.75, 3.05) is 20.3 Å². The van der Waals surface area contributed by atoms with Crippen LogP contribution >= 0.6 is 0 Å². The zero-order valence-corrected chi connectivity index (χ0v) is 13.8. The molecule has 0 amide bonds. The minimum Gasteiger partial charge on any atom is -0.493 e. The predicted octanol–water partition coefficient (Wildman–Crippen LogP) is 3.31. The molecule has 1 unspecified atom stereocenters. The normalized spacial score (nSPS) is 12.0. The molecule has 0 bridgehead atoms. The van der Waals surface area contributed by atoms with Crippen molar-refractivity contribution in [2.24, 2.45) is 0 Å². The summed E-state index contributed by atoms with van der Waals surface area (Å²) in [6, 6.07) is 15.6. The Morgan fingerprint density at radius 1 is 1.09 bits per heavy atom. The van der Waals surface area contributed by atoms with Crippen molar-refractivity contribution in [1.82, 2.24) is 5.32 Å². The molecule has 0 aliphatic heterocycles. The molecule has 0 aromatic heterocycles. The third-order valence-corrected chi connectivity index (χ3v) is 3.54. The molecule has 2 aromatic carbocycles. The van der Waals surface area contributed by atoms with Crippen LogP contribution in [-0.2, 0) is 6.54 Å². The molecule has 1 atom stereocenters. The smallest absolute Gasteiger partial charge is 0.161 e. The van der Waals surface area contributed by atoms with Crippen LogP contribution in [0.4, 0.5) is 0 Å². The zero-order valence-electron chi connectivity index (χ0n) is 13.8. The SMILES string of the molecule is CCCOc1ccc(CNCC(O)c2ccccc2)cc1OC. The van der Waals surface area contributed by atoms with Gasteiger partial charge in [0.05, 0.1) is 19.8 Å². The monoisotopic (exact) mass is 315 g/mol. The van der Waals surface area contributed by atoms with E-state index in [1.54, 1.807) is 7.11 Å². The standard InChI is InChI=1S/C19H25NO3/c1-3-11-23-18-10-9-15(12-19(18)22-2)13-20-14-17(21)16-7-5-4-6-8-16/h4-10,12,17,20-21H,3,11,13-14H2,1-2H3. The number of ether oxygens (including phenoxy) is 2. The van der Waals surface area contributed by atoms with Gasteiger partial charge in [0.2, 0.25) is 0 Å². The highest BCUT2D eigenvalue weighted by Crippen LogP contribution is 2.28. The molecule has 0 heterocycles. The zero-order chi connectivity index (χ0) is 16.5. The molecule has 0 saturated heterocycles. The maximum absolute atomic E-state index is 10.1. The van der Waals surface area contributed by atoms with Crippen LogP contribution in [0.2, 0.25) is 0 Å². The van der Waals surface area contributed by atoms with Gasteiger partial charge in [-0.2, -0.15) is 0 Å². The summed E-state index contributed by atoms with van der Waals surface area (Å²) >= 11 is 0. The molecule has 4 nitrogen and oxygen atoms in total. The Morgan fingerprint density at radius 3 is 2.57 bits per heavy atom. The van der Waals surface area contributed by atoms with E-state index in [0.717, 1.165) is 29.0 Å². The van der Waals surface area contributed by atoms with Crippen molar-refractivity contribution >= 4 is 0 Å². The lowest BCUT2D eigenvalue weighted by atomic mass is 10.1. The second-order valence-corrected chi connectivity index (χ2v) is 5.39. The topological polar surface area (TPSA) is 50.7 Å². The van der Waals surface area contributed by atoms with Crippen LogP contribution in [0.25, 0.3) is 0 Å². The Bertz CT molecular complexity index is 586. The van der Waals surface area contributed by atoms with Gasteiger partial charge in [0.25, 0.3) is 0 Å². The lowest BCUT2D eigenvalue weighted by molar-refractivity contribution is 0.174. The summed E-state index contributed by atoms with van der Waals surface area (Å²) in [6.45, 7) is 3.91. The van der Waals surface area contributed by atoms with E-state index < -0.39 is 6.10 Å². The van der Waals surface area contributed by atoms with E-state index in [4.69, 9.17) is 9.47 Å². The van der Waals surface area contributed by atoms with Gasteiger partial charge in [-0.3, -0.25) is 0 Å². The average molecular weight is 315 g/mol. The van der Waals surface area contributed by atoms with Gasteiger partial charge in [-0.1, -0.05) is 43.3 Å². The summed E-state index contributed by atoms with van der Waals surface area (Å²) in [6.07, 6.45) is 0.453. The van der Waals surface area contributed by atoms with E-state index >= 15 is 0 Å². The Morgan fingerprint density at radius 2 is 1.87 bits per heavy atom. The van der Waals surface area contributed by atoms with Gasteiger partial charge in [0.15, 0.2) is 11.5 Å². The second-order valence-electron chi connectivity index (χ2n) is 5.39. The largest absolute Gasteiger partial charge is 0.493 e. The van der Waals surface area contributed by atoms with Gasteiger partial charge in [-0.25, -0.2) is 0 Å². The molecule has 0 saturated carbocycles. The third-order valence-electron chi connectivity index (χ3n) is 3.54. The summed E-state index contributed by atoms with van der Waals surface area (Å²) in [7, 11) is 1.64. The molecule has 0 aliphatic rings. The molecule has 2 N–H and O–H groups in total. The van der Waals surface area contributed by atoms with E-state index in [-0.39, 0.29) is 0 Å². The van der Waals surface area contributed by atoms with Crippen molar-refractivity contribution < 1.29 is 14.6 Å². The highest BCUT2D eigenvalue weighted by molar-refractivity contribution is 5.42. The molecular weight excluding hydrogens is 290 g/mol. The molecule has 0 radical (unpaired) electrons. The molecule has 2 rings (SSSR count). The molecular formula is C19H25NO3. The van der Waals surface area contributed by atoms with Crippen LogP contribution in [0.5, 0.6) is 11.5 Å². The Kier molecular flexibility index (Phi) is 6.91. The number of aliphatic hydroxyl groups is 1. The van der Waals surface area contributed by atoms with Crippen molar-refractivity contribution in [3.63, 3.8) is 0 Å². The quantitative estimate of drug-likeness (QED) is 0.745. The first-order valence-electron chi connectivity index (χ1n) is 7.98. The van der Waals surface area contributed by atoms with E-state index in [1.807, 2.05) is 48.5 Å². The molecule has 2 aromatic rings. The van der Waals surface area contributed by atoms with Crippen LogP contribution in [0.1, 0.15) is 30.6 Å². The summed E-state index contributed by atoms with van der Waals surface area (Å²) in [5, 5.41) is 13.4. The second kappa shape index (κ2) is 9.18. The molecule has 0 aliphatic carbocycles. The summed E-state index contributed by atoms with van der Waals surface area (Å²) < 4.78 is 11.0. The number of hydrogen-bond donors (Lipinski definition) is 2. The fourth-order valence-corrected chi connectivity index (χ4v) is 2.30. The third kappa shape index (κ3) is 5.27. The van der Waals surface area contributed by atoms with E-state index in [0.29, 0.717) is 19.7 Å². The molecule has 23 heavy (non-hydrogen) atoms. The maximum Gasteiger partial charge on any atom is 0.161 e. The molecule has 0 fully saturated rings. The van der Waals surface area contributed by atoms with Gasteiger partial charge >= 0.3 is 0 Å². The number of rotatable bonds is 9. The average Bonchev–Trinajstić information content (AvgIpc) is 2.61. The van der Waals surface area contributed by atoms with Crippen molar-refractivity contribution in [3.8, 4) is 11.5 Å². The number of nitrogens with one attached hydrogen (secondary N) is 1. The summed E-state index contributed by atoms with van der Waals surface area (Å²) in [4.78, 5) is 0. The lowest BCUT2D eigenvalue weighted by Gasteiger charge is -2.14. The predicted molar refractivity (Wildman–Crippen MR) is 91.9 cm³/mol. The van der Waals surface area contributed by atoms with E-state index in [2.05, 4.69) is 12.2 Å². The number of benzene rings is 2. The Labute approximate surface area is 138 Å². The van der Waals surface area contributed by atoms with E-state index in [9.17, 15) is 5.11 Å². The van der Waals surface area contributed by atoms with Gasteiger partial charge in [-0.15, -0.1) is 0 Å². The Balaban J connectivity index is 1.88. The van der Waals surface area contributed by atoms with Gasteiger partial charge in [0, 0.05) is 13.1 Å². The first-order valence-corrected chi connectivity index (χ1v) is 7.98. The number of hydrogen-bond acceptors (Lipinski definition) is 4. The Hall–Kier alpha value is -2.04. The minimum absolute atomic E-state index is 0.500. The lowest BCUT2D eigenvalue weighted by Crippen LogP contribution is -2.21. The van der Waals surface area contributed by atoms with Crippen LogP contribution in [0.3, 0.4) is 0 Å². The summed E-state index contributed by atoms with van der Waals surface area (Å²) in [5.74, 6) is 1.50. The van der Waals surface area contributed by atoms with Crippen molar-refractivity contribution in [2.45, 2.75) is 26.0 Å². The number of methoxy groups -OCH3 is 1. The first-order chi connectivity index (χ1) is 11.2. The van der Waals surface area contributed by atoms with Crippen LogP contribution in [-0.4, -0.2) is 25.4 Å². The highest BCUT2D eigenvalue weighted by Gasteiger charge is 2.08. The molecule has 0 spiro atoms. The molecule has 4 heteroatoms. The fraction of sp³-hybridized carbons (Fsp3) is 0.368. The van der Waals surface area contributed by atoms with Gasteiger partial charge < -0.3 is 19.9 Å². The minimum atomic E-state index is -0.509. The van der Waals surface area contributed by atoms with Gasteiger partial charge in [0.1, 0.15) is 0 Å². The van der Waals surface area contributed by atoms with Crippen molar-refractivity contribution in [3.05, 3.63) is 59.7 Å². The molecule has 124 valence electrons. The van der Waals surface area contributed by atoms with Crippen LogP contribution in [0, 0.1) is 0 Å². The number of aliphatic hydroxyl groups excluding tert-OH is 1. The van der Waals surface area contributed by atoms with Gasteiger partial charge in [-0.05, 0) is 29.7 Å². The first kappa shape index (κ1) is 17.3.